The number of carbonyl (C=O) groups excluding carboxylic acids is 3. The number of carbonyl (C=O) groups is 3. The summed E-state index contributed by atoms with van der Waals surface area (Å²) in [5.41, 5.74) is 7.16. The first-order valence-corrected chi connectivity index (χ1v) is 10.1. The van der Waals surface area contributed by atoms with Gasteiger partial charge in [-0.3, -0.25) is 14.4 Å². The molecule has 0 radical (unpaired) electrons. The minimum absolute atomic E-state index is 0.229. The molecule has 2 aromatic rings. The van der Waals surface area contributed by atoms with E-state index in [9.17, 15) is 14.4 Å². The van der Waals surface area contributed by atoms with Gasteiger partial charge in [-0.25, -0.2) is 4.31 Å². The Kier molecular flexibility index (Phi) is 6.84. The smallest absolute Gasteiger partial charge is 0.287 e. The maximum atomic E-state index is 12.9. The van der Waals surface area contributed by atoms with E-state index in [0.29, 0.717) is 13.0 Å². The van der Waals surface area contributed by atoms with Gasteiger partial charge in [0.05, 0.1) is 0 Å². The van der Waals surface area contributed by atoms with Crippen LogP contribution in [0, 0.1) is 0 Å². The van der Waals surface area contributed by atoms with Crippen LogP contribution in [0.2, 0.25) is 0 Å². The highest BCUT2D eigenvalue weighted by Gasteiger charge is 2.34. The largest absolute Gasteiger partial charge is 0.363 e. The van der Waals surface area contributed by atoms with Crippen molar-refractivity contribution in [3.63, 3.8) is 0 Å². The van der Waals surface area contributed by atoms with Crippen LogP contribution in [0.1, 0.15) is 17.5 Å². The van der Waals surface area contributed by atoms with E-state index in [0.717, 1.165) is 16.9 Å². The quantitative estimate of drug-likeness (QED) is 0.522. The molecule has 2 amide bonds. The molecule has 1 aliphatic rings. The maximum Gasteiger partial charge on any atom is 0.287 e. The van der Waals surface area contributed by atoms with Gasteiger partial charge in [-0.05, 0) is 17.5 Å². The van der Waals surface area contributed by atoms with E-state index < -0.39 is 17.7 Å². The molecule has 2 unspecified atom stereocenters. The summed E-state index contributed by atoms with van der Waals surface area (Å²) in [5.74, 6) is -1.24. The second-order valence-corrected chi connectivity index (χ2v) is 7.81. The topological polar surface area (TPSA) is 92.5 Å². The molecule has 1 fully saturated rings. The zero-order valence-electron chi connectivity index (χ0n) is 15.4. The van der Waals surface area contributed by atoms with Gasteiger partial charge in [-0.1, -0.05) is 72.6 Å². The van der Waals surface area contributed by atoms with E-state index in [2.05, 4.69) is 5.32 Å². The molecule has 1 saturated heterocycles. The Morgan fingerprint density at radius 2 is 1.64 bits per heavy atom. The molecule has 6 nitrogen and oxygen atoms in total. The molecule has 146 valence electrons. The van der Waals surface area contributed by atoms with E-state index in [1.54, 1.807) is 11.9 Å². The van der Waals surface area contributed by atoms with Gasteiger partial charge in [0.15, 0.2) is 0 Å². The molecule has 2 aromatic carbocycles. The summed E-state index contributed by atoms with van der Waals surface area (Å²) in [6.07, 6.45) is 0.916. The van der Waals surface area contributed by atoms with Crippen molar-refractivity contribution in [2.75, 3.05) is 5.75 Å². The first kappa shape index (κ1) is 20.1. The van der Waals surface area contributed by atoms with Gasteiger partial charge < -0.3 is 11.1 Å². The number of nitrogens with zero attached hydrogens (tertiary/aromatic N) is 1. The van der Waals surface area contributed by atoms with Gasteiger partial charge >= 0.3 is 0 Å². The van der Waals surface area contributed by atoms with Gasteiger partial charge in [0.1, 0.15) is 12.1 Å². The van der Waals surface area contributed by atoms with Crippen LogP contribution >= 0.6 is 11.9 Å². The molecular formula is C21H23N3O3S. The zero-order valence-corrected chi connectivity index (χ0v) is 16.2. The number of ketones is 1. The molecule has 1 heterocycles. The van der Waals surface area contributed by atoms with Crippen LogP contribution in [0.4, 0.5) is 0 Å². The van der Waals surface area contributed by atoms with Crippen LogP contribution in [0.25, 0.3) is 0 Å². The van der Waals surface area contributed by atoms with Crippen LogP contribution in [0.5, 0.6) is 0 Å². The third kappa shape index (κ3) is 5.21. The van der Waals surface area contributed by atoms with Crippen LogP contribution in [0.15, 0.2) is 60.7 Å². The minimum Gasteiger partial charge on any atom is -0.363 e. The highest BCUT2D eigenvalue weighted by molar-refractivity contribution is 7.97. The second kappa shape index (κ2) is 9.52. The summed E-state index contributed by atoms with van der Waals surface area (Å²) < 4.78 is 2.03. The molecule has 0 bridgehead atoms. The summed E-state index contributed by atoms with van der Waals surface area (Å²) in [5, 5.41) is 2.76. The lowest BCUT2D eigenvalue weighted by Gasteiger charge is -2.25. The first-order chi connectivity index (χ1) is 13.5. The summed E-state index contributed by atoms with van der Waals surface area (Å²) in [4.78, 5) is 36.6. The fraction of sp³-hybridized carbons (Fsp3) is 0.286. The standard InChI is InChI=1S/C21H23N3O3S/c22-20(26)19(25)17(13-15-7-3-1-4-8-15)23-21(27)18-11-12-28-24(18)14-16-9-5-2-6-10-16/h1-10,17-18H,11-14H2,(H2,22,26)(H,23,27). The monoisotopic (exact) mass is 397 g/mol. The lowest BCUT2D eigenvalue weighted by Crippen LogP contribution is -2.52. The van der Waals surface area contributed by atoms with Crippen molar-refractivity contribution >= 4 is 29.5 Å². The lowest BCUT2D eigenvalue weighted by atomic mass is 10.0. The Labute approximate surface area is 168 Å². The highest BCUT2D eigenvalue weighted by atomic mass is 32.2. The van der Waals surface area contributed by atoms with Crippen molar-refractivity contribution < 1.29 is 14.4 Å². The number of primary amides is 1. The summed E-state index contributed by atoms with van der Waals surface area (Å²) in [7, 11) is 0. The number of Topliss-reactive ketones (excluding diaryl/α,β-unsaturated/α-hetero) is 1. The highest BCUT2D eigenvalue weighted by Crippen LogP contribution is 2.29. The fourth-order valence-electron chi connectivity index (χ4n) is 3.20. The molecule has 7 heteroatoms. The van der Waals surface area contributed by atoms with Crippen molar-refractivity contribution in [1.29, 1.82) is 0 Å². The van der Waals surface area contributed by atoms with Crippen LogP contribution in [-0.4, -0.2) is 39.7 Å². The Hall–Kier alpha value is -2.64. The first-order valence-electron chi connectivity index (χ1n) is 9.16. The number of hydrogen-bond donors (Lipinski definition) is 2. The summed E-state index contributed by atoms with van der Waals surface area (Å²) >= 11 is 1.62. The second-order valence-electron chi connectivity index (χ2n) is 6.68. The number of amides is 2. The van der Waals surface area contributed by atoms with Crippen LogP contribution in [-0.2, 0) is 27.3 Å². The van der Waals surface area contributed by atoms with E-state index in [1.165, 1.54) is 0 Å². The van der Waals surface area contributed by atoms with Crippen molar-refractivity contribution in [2.45, 2.75) is 31.5 Å². The van der Waals surface area contributed by atoms with Crippen molar-refractivity contribution in [3.8, 4) is 0 Å². The average Bonchev–Trinajstić information content (AvgIpc) is 3.16. The minimum atomic E-state index is -1.04. The predicted octanol–water partition coefficient (Wildman–Crippen LogP) is 1.69. The Bertz CT molecular complexity index is 829. The molecule has 2 atom stereocenters. The number of benzene rings is 2. The van der Waals surface area contributed by atoms with Gasteiger partial charge in [-0.15, -0.1) is 0 Å². The Morgan fingerprint density at radius 1 is 1.04 bits per heavy atom. The van der Waals surface area contributed by atoms with Crippen molar-refractivity contribution in [3.05, 3.63) is 71.8 Å². The Balaban J connectivity index is 1.69. The molecule has 0 aromatic heterocycles. The van der Waals surface area contributed by atoms with Gasteiger partial charge in [0.2, 0.25) is 11.7 Å². The number of nitrogens with one attached hydrogen (secondary N) is 1. The van der Waals surface area contributed by atoms with Crippen molar-refractivity contribution in [1.82, 2.24) is 9.62 Å². The molecule has 0 saturated carbocycles. The van der Waals surface area contributed by atoms with Crippen molar-refractivity contribution in [2.24, 2.45) is 5.73 Å². The van der Waals surface area contributed by atoms with Crippen LogP contribution < -0.4 is 11.1 Å². The number of nitrogens with two attached hydrogens (primary N) is 1. The number of hydrogen-bond acceptors (Lipinski definition) is 5. The predicted molar refractivity (Wildman–Crippen MR) is 109 cm³/mol. The molecule has 3 N–H and O–H groups in total. The van der Waals surface area contributed by atoms with E-state index >= 15 is 0 Å². The number of rotatable bonds is 8. The van der Waals surface area contributed by atoms with E-state index in [1.807, 2.05) is 65.0 Å². The maximum absolute atomic E-state index is 12.9. The average molecular weight is 398 g/mol. The fourth-order valence-corrected chi connectivity index (χ4v) is 4.38. The van der Waals surface area contributed by atoms with Gasteiger partial charge in [-0.2, -0.15) is 0 Å². The summed E-state index contributed by atoms with van der Waals surface area (Å²) in [6.45, 7) is 0.636. The molecular weight excluding hydrogens is 374 g/mol. The van der Waals surface area contributed by atoms with Gasteiger partial charge in [0.25, 0.3) is 5.91 Å². The SMILES string of the molecule is NC(=O)C(=O)C(Cc1ccccc1)NC(=O)C1CCSN1Cc1ccccc1. The van der Waals surface area contributed by atoms with E-state index in [-0.39, 0.29) is 18.4 Å². The molecule has 1 aliphatic heterocycles. The Morgan fingerprint density at radius 3 is 2.25 bits per heavy atom. The lowest BCUT2D eigenvalue weighted by molar-refractivity contribution is -0.138. The third-order valence-electron chi connectivity index (χ3n) is 4.64. The van der Waals surface area contributed by atoms with Crippen LogP contribution in [0.3, 0.4) is 0 Å². The molecule has 28 heavy (non-hydrogen) atoms. The third-order valence-corrected chi connectivity index (χ3v) is 5.77. The normalized spacial score (nSPS) is 17.8. The molecule has 3 rings (SSSR count). The zero-order chi connectivity index (χ0) is 19.9. The summed E-state index contributed by atoms with van der Waals surface area (Å²) in [6, 6.07) is 17.8. The van der Waals surface area contributed by atoms with Gasteiger partial charge in [0, 0.05) is 18.7 Å². The van der Waals surface area contributed by atoms with E-state index in [4.69, 9.17) is 5.73 Å². The molecule has 0 spiro atoms. The molecule has 0 aliphatic carbocycles.